The lowest BCUT2D eigenvalue weighted by Crippen LogP contribution is -2.40. The molecule has 0 aliphatic carbocycles. The summed E-state index contributed by atoms with van der Waals surface area (Å²) in [6.45, 7) is -0.133. The van der Waals surface area contributed by atoms with Gasteiger partial charge in [-0.2, -0.15) is 0 Å². The van der Waals surface area contributed by atoms with Crippen LogP contribution in [0.25, 0.3) is 0 Å². The van der Waals surface area contributed by atoms with Crippen molar-refractivity contribution in [3.63, 3.8) is 0 Å². The maximum atomic E-state index is 11.7. The van der Waals surface area contributed by atoms with E-state index in [9.17, 15) is 9.59 Å². The third kappa shape index (κ3) is 3.89. The number of ether oxygens (including phenoxy) is 1. The molecule has 1 heterocycles. The Labute approximate surface area is 97.1 Å². The van der Waals surface area contributed by atoms with Gasteiger partial charge >= 0.3 is 0 Å². The number of rotatable bonds is 5. The van der Waals surface area contributed by atoms with E-state index in [1.807, 2.05) is 0 Å². The van der Waals surface area contributed by atoms with Gasteiger partial charge in [-0.25, -0.2) is 0 Å². The van der Waals surface area contributed by atoms with E-state index in [-0.39, 0.29) is 18.8 Å². The van der Waals surface area contributed by atoms with Crippen LogP contribution in [-0.2, 0) is 4.74 Å². The first-order valence-corrected chi connectivity index (χ1v) is 4.90. The fourth-order valence-corrected chi connectivity index (χ4v) is 1.27. The Bertz CT molecular complexity index is 443. The number of amides is 1. The number of nitrogens with one attached hydrogen (secondary N) is 2. The molecule has 0 spiro atoms. The topological polar surface area (TPSA) is 112 Å². The highest BCUT2D eigenvalue weighted by molar-refractivity contribution is 5.94. The molecule has 0 bridgehead atoms. The van der Waals surface area contributed by atoms with Gasteiger partial charge in [0, 0.05) is 19.2 Å². The predicted molar refractivity (Wildman–Crippen MR) is 58.9 cm³/mol. The van der Waals surface area contributed by atoms with E-state index in [4.69, 9.17) is 14.9 Å². The number of aliphatic hydroxyl groups is 1. The second-order valence-corrected chi connectivity index (χ2v) is 3.43. The molecule has 4 N–H and O–H groups in total. The molecule has 1 rings (SSSR count). The molecular weight excluding hydrogens is 228 g/mol. The van der Waals surface area contributed by atoms with E-state index in [1.54, 1.807) is 0 Å². The molecule has 7 nitrogen and oxygen atoms in total. The summed E-state index contributed by atoms with van der Waals surface area (Å²) >= 11 is 0. The molecule has 1 atom stereocenters. The number of aliphatic hydroxyl groups excluding tert-OH is 1. The van der Waals surface area contributed by atoms with E-state index in [1.165, 1.54) is 7.11 Å². The number of aromatic amines is 1. The molecule has 0 fully saturated rings. The summed E-state index contributed by atoms with van der Waals surface area (Å²) in [5.41, 5.74) is -0.566. The molecule has 7 heteroatoms. The number of carbonyl (C=O) groups excluding carboxylic acids is 1. The Kier molecular flexibility index (Phi) is 4.68. The molecule has 1 aromatic heterocycles. The molecular formula is C10H14N2O5. The highest BCUT2D eigenvalue weighted by Crippen LogP contribution is 2.04. The smallest absolute Gasteiger partial charge is 0.252 e. The van der Waals surface area contributed by atoms with Gasteiger partial charge in [-0.05, 0) is 0 Å². The van der Waals surface area contributed by atoms with E-state index in [0.29, 0.717) is 0 Å². The van der Waals surface area contributed by atoms with Gasteiger partial charge in [0.15, 0.2) is 5.88 Å². The van der Waals surface area contributed by atoms with Crippen LogP contribution in [0.3, 0.4) is 0 Å². The van der Waals surface area contributed by atoms with Crippen LogP contribution < -0.4 is 10.9 Å². The lowest BCUT2D eigenvalue weighted by Gasteiger charge is -2.14. The van der Waals surface area contributed by atoms with Gasteiger partial charge in [-0.15, -0.1) is 0 Å². The van der Waals surface area contributed by atoms with Crippen molar-refractivity contribution in [2.24, 2.45) is 0 Å². The first-order chi connectivity index (χ1) is 8.06. The summed E-state index contributed by atoms with van der Waals surface area (Å²) in [5.74, 6) is -0.961. The standard InChI is InChI=1S/C10H14N2O5/c1-17-5-7(4-13)11-10(16)6-2-8(14)12-9(15)3-6/h2-3,7,13H,4-5H2,1H3,(H,11,16)(H2,12,14,15). The number of aromatic hydroxyl groups is 1. The second-order valence-electron chi connectivity index (χ2n) is 3.43. The summed E-state index contributed by atoms with van der Waals surface area (Å²) in [6.07, 6.45) is 0. The van der Waals surface area contributed by atoms with Crippen molar-refractivity contribution in [1.29, 1.82) is 0 Å². The average molecular weight is 242 g/mol. The molecule has 17 heavy (non-hydrogen) atoms. The lowest BCUT2D eigenvalue weighted by molar-refractivity contribution is 0.0839. The van der Waals surface area contributed by atoms with Crippen LogP contribution in [0.1, 0.15) is 10.4 Å². The molecule has 1 aromatic rings. The first kappa shape index (κ1) is 13.2. The van der Waals surface area contributed by atoms with Crippen molar-refractivity contribution in [2.75, 3.05) is 20.3 Å². The zero-order chi connectivity index (χ0) is 12.8. The predicted octanol–water partition coefficient (Wildman–Crippen LogP) is -1.18. The fourth-order valence-electron chi connectivity index (χ4n) is 1.27. The van der Waals surface area contributed by atoms with Crippen LogP contribution in [-0.4, -0.2) is 47.5 Å². The number of pyridine rings is 1. The van der Waals surface area contributed by atoms with Crippen LogP contribution in [0.15, 0.2) is 16.9 Å². The van der Waals surface area contributed by atoms with Crippen molar-refractivity contribution in [1.82, 2.24) is 10.3 Å². The number of aromatic nitrogens is 1. The van der Waals surface area contributed by atoms with Crippen LogP contribution in [0, 0.1) is 0 Å². The third-order valence-corrected chi connectivity index (χ3v) is 2.02. The minimum atomic E-state index is -0.581. The zero-order valence-electron chi connectivity index (χ0n) is 9.27. The van der Waals surface area contributed by atoms with Crippen molar-refractivity contribution < 1.29 is 19.7 Å². The molecule has 0 saturated carbocycles. The number of hydrogen-bond acceptors (Lipinski definition) is 5. The van der Waals surface area contributed by atoms with E-state index in [2.05, 4.69) is 10.3 Å². The minimum Gasteiger partial charge on any atom is -0.494 e. The zero-order valence-corrected chi connectivity index (χ0v) is 9.27. The normalized spacial score (nSPS) is 12.1. The van der Waals surface area contributed by atoms with Gasteiger partial charge in [0.05, 0.1) is 24.8 Å². The third-order valence-electron chi connectivity index (χ3n) is 2.02. The van der Waals surface area contributed by atoms with Crippen LogP contribution in [0.5, 0.6) is 5.88 Å². The van der Waals surface area contributed by atoms with Crippen molar-refractivity contribution in [3.05, 3.63) is 28.0 Å². The number of hydrogen-bond donors (Lipinski definition) is 4. The quantitative estimate of drug-likeness (QED) is 0.519. The van der Waals surface area contributed by atoms with Crippen molar-refractivity contribution in [2.45, 2.75) is 6.04 Å². The van der Waals surface area contributed by atoms with Crippen molar-refractivity contribution in [3.8, 4) is 5.88 Å². The maximum absolute atomic E-state index is 11.7. The Hall–Kier alpha value is -1.86. The van der Waals surface area contributed by atoms with Crippen molar-refractivity contribution >= 4 is 5.91 Å². The van der Waals surface area contributed by atoms with Crippen LogP contribution >= 0.6 is 0 Å². The SMILES string of the molecule is COCC(CO)NC(=O)c1cc(O)[nH]c(=O)c1. The highest BCUT2D eigenvalue weighted by Gasteiger charge is 2.13. The summed E-state index contributed by atoms with van der Waals surface area (Å²) in [6, 6.07) is 1.61. The molecule has 0 saturated heterocycles. The second kappa shape index (κ2) is 6.02. The molecule has 1 amide bonds. The summed E-state index contributed by atoms with van der Waals surface area (Å²) in [7, 11) is 1.44. The van der Waals surface area contributed by atoms with Crippen LogP contribution in [0.4, 0.5) is 0 Å². The van der Waals surface area contributed by atoms with Gasteiger partial charge in [0.25, 0.3) is 11.5 Å². The summed E-state index contributed by atoms with van der Waals surface area (Å²) < 4.78 is 4.79. The van der Waals surface area contributed by atoms with Gasteiger partial charge < -0.3 is 20.3 Å². The lowest BCUT2D eigenvalue weighted by atomic mass is 10.2. The molecule has 0 aliphatic heterocycles. The van der Waals surface area contributed by atoms with Gasteiger partial charge in [0.1, 0.15) is 0 Å². The first-order valence-electron chi connectivity index (χ1n) is 4.90. The largest absolute Gasteiger partial charge is 0.494 e. The molecule has 1 unspecified atom stereocenters. The fraction of sp³-hybridized carbons (Fsp3) is 0.400. The number of carbonyl (C=O) groups is 1. The molecule has 0 aromatic carbocycles. The maximum Gasteiger partial charge on any atom is 0.252 e. The van der Waals surface area contributed by atoms with Gasteiger partial charge in [0.2, 0.25) is 0 Å². The highest BCUT2D eigenvalue weighted by atomic mass is 16.5. The van der Waals surface area contributed by atoms with E-state index in [0.717, 1.165) is 12.1 Å². The minimum absolute atomic E-state index is 0.0146. The molecule has 0 radical (unpaired) electrons. The molecule has 0 aliphatic rings. The van der Waals surface area contributed by atoms with Gasteiger partial charge in [-0.1, -0.05) is 0 Å². The monoisotopic (exact) mass is 242 g/mol. The molecule has 94 valence electrons. The Morgan fingerprint density at radius 1 is 1.59 bits per heavy atom. The Balaban J connectivity index is 2.78. The average Bonchev–Trinajstić information content (AvgIpc) is 2.27. The van der Waals surface area contributed by atoms with Crippen LogP contribution in [0.2, 0.25) is 0 Å². The Morgan fingerprint density at radius 2 is 2.29 bits per heavy atom. The summed E-state index contributed by atoms with van der Waals surface area (Å²) in [4.78, 5) is 24.8. The van der Waals surface area contributed by atoms with Gasteiger partial charge in [-0.3, -0.25) is 14.6 Å². The number of H-pyrrole nitrogens is 1. The van der Waals surface area contributed by atoms with E-state index < -0.39 is 23.4 Å². The van der Waals surface area contributed by atoms with E-state index >= 15 is 0 Å². The Morgan fingerprint density at radius 3 is 2.82 bits per heavy atom. The number of methoxy groups -OCH3 is 1. The summed E-state index contributed by atoms with van der Waals surface area (Å²) in [5, 5.41) is 20.5.